The van der Waals surface area contributed by atoms with Crippen LogP contribution in [0.1, 0.15) is 66.7 Å². The van der Waals surface area contributed by atoms with E-state index in [2.05, 4.69) is 13.8 Å². The summed E-state index contributed by atoms with van der Waals surface area (Å²) in [7, 11) is 0. The Morgan fingerprint density at radius 3 is 2.05 bits per heavy atom. The van der Waals surface area contributed by atoms with E-state index in [0.29, 0.717) is 0 Å². The highest BCUT2D eigenvalue weighted by atomic mass is 16.6. The topological polar surface area (TPSA) is 52.6 Å². The molecule has 0 heterocycles. The second-order valence-corrected chi connectivity index (χ2v) is 5.99. The van der Waals surface area contributed by atoms with Crippen LogP contribution in [0.4, 0.5) is 0 Å². The van der Waals surface area contributed by atoms with Crippen LogP contribution in [0, 0.1) is 5.92 Å². The predicted molar refractivity (Wildman–Crippen MR) is 79.6 cm³/mol. The Kier molecular flexibility index (Phi) is 10.3. The molecule has 0 fully saturated rings. The lowest BCUT2D eigenvalue weighted by Gasteiger charge is -2.20. The molecular weight excluding hydrogens is 256 g/mol. The molecule has 0 rings (SSSR count). The third-order valence-electron chi connectivity index (χ3n) is 2.96. The molecule has 0 aliphatic rings. The van der Waals surface area contributed by atoms with Crippen molar-refractivity contribution in [3.63, 3.8) is 0 Å². The van der Waals surface area contributed by atoms with E-state index in [1.165, 1.54) is 19.8 Å². The number of ether oxygens (including phenoxy) is 2. The first-order chi connectivity index (χ1) is 9.32. The van der Waals surface area contributed by atoms with Crippen LogP contribution in [-0.2, 0) is 19.1 Å². The molecule has 1 atom stereocenters. The van der Waals surface area contributed by atoms with Crippen molar-refractivity contribution in [1.82, 2.24) is 0 Å². The molecule has 1 unspecified atom stereocenters. The van der Waals surface area contributed by atoms with Crippen LogP contribution in [0.2, 0.25) is 0 Å². The first kappa shape index (κ1) is 19.1. The Bertz CT molecular complexity index is 284. The molecule has 0 aliphatic heterocycles. The lowest BCUT2D eigenvalue weighted by Crippen LogP contribution is -2.27. The van der Waals surface area contributed by atoms with Gasteiger partial charge in [0, 0.05) is 6.92 Å². The van der Waals surface area contributed by atoms with Crippen molar-refractivity contribution in [2.75, 3.05) is 6.61 Å². The van der Waals surface area contributed by atoms with Gasteiger partial charge in [-0.15, -0.1) is 0 Å². The monoisotopic (exact) mass is 286 g/mol. The zero-order chi connectivity index (χ0) is 15.5. The number of carbonyl (C=O) groups excluding carboxylic acids is 2. The minimum atomic E-state index is -0.776. The first-order valence-electron chi connectivity index (χ1n) is 7.66. The minimum absolute atomic E-state index is 0.0895. The third-order valence-corrected chi connectivity index (χ3v) is 2.96. The number of carbonyl (C=O) groups is 2. The quantitative estimate of drug-likeness (QED) is 0.331. The Morgan fingerprint density at radius 1 is 0.950 bits per heavy atom. The van der Waals surface area contributed by atoms with Crippen molar-refractivity contribution in [3.05, 3.63) is 0 Å². The summed E-state index contributed by atoms with van der Waals surface area (Å²) in [6.07, 6.45) is 5.53. The van der Waals surface area contributed by atoms with E-state index in [0.717, 1.165) is 25.2 Å². The van der Waals surface area contributed by atoms with E-state index in [-0.39, 0.29) is 18.8 Å². The largest absolute Gasteiger partial charge is 0.457 e. The highest BCUT2D eigenvalue weighted by Crippen LogP contribution is 2.13. The molecule has 0 bridgehead atoms. The Hall–Kier alpha value is -0.900. The number of rotatable bonds is 11. The second kappa shape index (κ2) is 10.8. The zero-order valence-corrected chi connectivity index (χ0v) is 13.6. The smallest absolute Gasteiger partial charge is 0.374 e. The van der Waals surface area contributed by atoms with Crippen LogP contribution >= 0.6 is 0 Å². The fourth-order valence-corrected chi connectivity index (χ4v) is 1.95. The molecule has 118 valence electrons. The molecule has 0 N–H and O–H groups in total. The predicted octanol–water partition coefficient (Wildman–Crippen LogP) is 3.52. The molecule has 0 saturated carbocycles. The van der Waals surface area contributed by atoms with E-state index in [9.17, 15) is 9.59 Å². The lowest BCUT2D eigenvalue weighted by molar-refractivity contribution is -0.157. The second-order valence-electron chi connectivity index (χ2n) is 5.99. The number of unbranched alkanes of at least 4 members (excludes halogenated alkanes) is 2. The van der Waals surface area contributed by atoms with Gasteiger partial charge in [-0.3, -0.25) is 4.79 Å². The highest BCUT2D eigenvalue weighted by Gasteiger charge is 2.16. The summed E-state index contributed by atoms with van der Waals surface area (Å²) in [5.41, 5.74) is 0. The summed E-state index contributed by atoms with van der Waals surface area (Å²) in [6, 6.07) is 0. The minimum Gasteiger partial charge on any atom is -0.457 e. The van der Waals surface area contributed by atoms with Crippen LogP contribution < -0.4 is 0 Å². The van der Waals surface area contributed by atoms with E-state index >= 15 is 0 Å². The fourth-order valence-electron chi connectivity index (χ4n) is 1.95. The molecule has 0 radical (unpaired) electrons. The Labute approximate surface area is 123 Å². The van der Waals surface area contributed by atoms with Gasteiger partial charge >= 0.3 is 5.97 Å². The Balaban J connectivity index is 3.96. The average Bonchev–Trinajstić information content (AvgIpc) is 2.33. The SMILES string of the molecule is CC(=O)C(=O)OCC(CCCCCC(C)C)OC(C)C. The standard InChI is InChI=1S/C16H30O4/c1-12(2)9-7-6-8-10-15(20-13(3)4)11-19-16(18)14(5)17/h12-13,15H,6-11H2,1-5H3. The van der Waals surface area contributed by atoms with Crippen LogP contribution in [0.5, 0.6) is 0 Å². The summed E-state index contributed by atoms with van der Waals surface area (Å²) in [5, 5.41) is 0. The van der Waals surface area contributed by atoms with E-state index < -0.39 is 11.8 Å². The molecule has 0 spiro atoms. The molecule has 0 aromatic carbocycles. The molecule has 0 saturated heterocycles. The van der Waals surface area contributed by atoms with Crippen LogP contribution in [-0.4, -0.2) is 30.6 Å². The van der Waals surface area contributed by atoms with Gasteiger partial charge in [0.2, 0.25) is 5.78 Å². The molecule has 0 amide bonds. The maximum Gasteiger partial charge on any atom is 0.374 e. The van der Waals surface area contributed by atoms with Gasteiger partial charge in [0.25, 0.3) is 0 Å². The van der Waals surface area contributed by atoms with Crippen molar-refractivity contribution in [1.29, 1.82) is 0 Å². The van der Waals surface area contributed by atoms with Gasteiger partial charge < -0.3 is 9.47 Å². The van der Waals surface area contributed by atoms with Crippen molar-refractivity contribution in [2.45, 2.75) is 78.9 Å². The maximum absolute atomic E-state index is 11.2. The maximum atomic E-state index is 11.2. The number of esters is 1. The summed E-state index contributed by atoms with van der Waals surface area (Å²) in [4.78, 5) is 22.0. The van der Waals surface area contributed by atoms with Gasteiger partial charge in [-0.2, -0.15) is 0 Å². The molecule has 0 aromatic rings. The number of ketones is 1. The summed E-state index contributed by atoms with van der Waals surface area (Å²) >= 11 is 0. The van der Waals surface area contributed by atoms with Gasteiger partial charge in [0.05, 0.1) is 12.2 Å². The van der Waals surface area contributed by atoms with Crippen molar-refractivity contribution in [3.8, 4) is 0 Å². The average molecular weight is 286 g/mol. The summed E-state index contributed by atoms with van der Waals surface area (Å²) in [5.74, 6) is -0.596. The number of Topliss-reactive ketones (excluding diaryl/α,β-unsaturated/α-hetero) is 1. The van der Waals surface area contributed by atoms with E-state index in [4.69, 9.17) is 9.47 Å². The fraction of sp³-hybridized carbons (Fsp3) is 0.875. The van der Waals surface area contributed by atoms with Crippen LogP contribution in [0.25, 0.3) is 0 Å². The van der Waals surface area contributed by atoms with Gasteiger partial charge in [-0.25, -0.2) is 4.79 Å². The zero-order valence-electron chi connectivity index (χ0n) is 13.6. The normalized spacial score (nSPS) is 12.8. The number of hydrogen-bond donors (Lipinski definition) is 0. The lowest BCUT2D eigenvalue weighted by atomic mass is 10.0. The first-order valence-corrected chi connectivity index (χ1v) is 7.66. The molecule has 0 aliphatic carbocycles. The van der Waals surface area contributed by atoms with Crippen molar-refractivity contribution in [2.24, 2.45) is 5.92 Å². The van der Waals surface area contributed by atoms with Crippen LogP contribution in [0.3, 0.4) is 0 Å². The van der Waals surface area contributed by atoms with Crippen molar-refractivity contribution < 1.29 is 19.1 Å². The van der Waals surface area contributed by atoms with E-state index in [1.807, 2.05) is 13.8 Å². The number of hydrogen-bond acceptors (Lipinski definition) is 4. The van der Waals surface area contributed by atoms with Gasteiger partial charge in [0.15, 0.2) is 0 Å². The van der Waals surface area contributed by atoms with Crippen molar-refractivity contribution >= 4 is 11.8 Å². The Morgan fingerprint density at radius 2 is 1.55 bits per heavy atom. The van der Waals surface area contributed by atoms with E-state index in [1.54, 1.807) is 0 Å². The molecule has 4 heteroatoms. The summed E-state index contributed by atoms with van der Waals surface area (Å²) in [6.45, 7) is 9.75. The van der Waals surface area contributed by atoms with Crippen LogP contribution in [0.15, 0.2) is 0 Å². The van der Waals surface area contributed by atoms with Gasteiger partial charge in [-0.05, 0) is 26.2 Å². The molecule has 4 nitrogen and oxygen atoms in total. The van der Waals surface area contributed by atoms with Gasteiger partial charge in [-0.1, -0.05) is 39.5 Å². The highest BCUT2D eigenvalue weighted by molar-refractivity contribution is 6.32. The van der Waals surface area contributed by atoms with Gasteiger partial charge in [0.1, 0.15) is 6.61 Å². The third kappa shape index (κ3) is 11.0. The molecule has 20 heavy (non-hydrogen) atoms. The molecular formula is C16H30O4. The molecule has 0 aromatic heterocycles. The summed E-state index contributed by atoms with van der Waals surface area (Å²) < 4.78 is 10.7.